The third-order valence-corrected chi connectivity index (χ3v) is 6.65. The molecule has 1 saturated heterocycles. The van der Waals surface area contributed by atoms with E-state index in [0.29, 0.717) is 6.61 Å². The van der Waals surface area contributed by atoms with Crippen molar-refractivity contribution in [2.45, 2.75) is 20.1 Å². The number of halogens is 3. The largest absolute Gasteiger partial charge is 0.487 e. The molecule has 1 aliphatic heterocycles. The number of nitrogens with one attached hydrogen (secondary N) is 1. The number of rotatable bonds is 6. The van der Waals surface area contributed by atoms with E-state index in [1.165, 1.54) is 11.6 Å². The Morgan fingerprint density at radius 2 is 1.76 bits per heavy atom. The Kier molecular flexibility index (Phi) is 7.32. The normalized spacial score (nSPS) is 14.7. The summed E-state index contributed by atoms with van der Waals surface area (Å²) in [6.45, 7) is 2.36. The fourth-order valence-corrected chi connectivity index (χ4v) is 5.56. The number of carbonyl (C=O) groups excluding carboxylic acids is 2. The molecule has 0 unspecified atom stereocenters. The van der Waals surface area contributed by atoms with Gasteiger partial charge in [0.1, 0.15) is 23.9 Å². The zero-order valence-electron chi connectivity index (χ0n) is 17.6. The molecule has 0 radical (unpaired) electrons. The Hall–Kier alpha value is -2.47. The van der Waals surface area contributed by atoms with E-state index in [4.69, 9.17) is 4.74 Å². The van der Waals surface area contributed by atoms with Gasteiger partial charge in [0.15, 0.2) is 0 Å². The Morgan fingerprint density at radius 1 is 1.03 bits per heavy atom. The molecule has 1 fully saturated rings. The Bertz CT molecular complexity index is 1250. The topological polar surface area (TPSA) is 58.6 Å². The van der Waals surface area contributed by atoms with Gasteiger partial charge in [0, 0.05) is 5.56 Å². The first-order chi connectivity index (χ1) is 15.8. The molecule has 1 aliphatic rings. The van der Waals surface area contributed by atoms with E-state index >= 15 is 0 Å². The summed E-state index contributed by atoms with van der Waals surface area (Å²) >= 11 is 4.39. The zero-order chi connectivity index (χ0) is 23.5. The molecule has 4 rings (SSSR count). The summed E-state index contributed by atoms with van der Waals surface area (Å²) in [4.78, 5) is 26.1. The van der Waals surface area contributed by atoms with Gasteiger partial charge in [-0.05, 0) is 87.5 Å². The van der Waals surface area contributed by atoms with Crippen LogP contribution in [0.25, 0.3) is 6.08 Å². The number of hydrogen-bond donors (Lipinski definition) is 1. The van der Waals surface area contributed by atoms with Crippen LogP contribution in [0.2, 0.25) is 0 Å². The lowest BCUT2D eigenvalue weighted by atomic mass is 10.1. The first-order valence-electron chi connectivity index (χ1n) is 10.1. The van der Waals surface area contributed by atoms with Crippen LogP contribution in [0.5, 0.6) is 5.75 Å². The molecule has 5 nitrogen and oxygen atoms in total. The summed E-state index contributed by atoms with van der Waals surface area (Å²) in [6, 6.07) is 17.4. The maximum absolute atomic E-state index is 14.0. The zero-order valence-corrected chi connectivity index (χ0v) is 21.9. The summed E-state index contributed by atoms with van der Waals surface area (Å²) in [6.07, 6.45) is 1.62. The van der Waals surface area contributed by atoms with Gasteiger partial charge in [-0.3, -0.25) is 9.69 Å². The number of amides is 3. The highest BCUT2D eigenvalue weighted by molar-refractivity contribution is 14.1. The molecule has 3 amide bonds. The second-order valence-corrected chi connectivity index (χ2v) is 9.89. The third kappa shape index (κ3) is 5.55. The summed E-state index contributed by atoms with van der Waals surface area (Å²) in [5, 5.41) is 2.59. The molecule has 168 valence electrons. The minimum Gasteiger partial charge on any atom is -0.487 e. The highest BCUT2D eigenvalue weighted by Crippen LogP contribution is 2.31. The number of hydrogen-bond acceptors (Lipinski definition) is 3. The van der Waals surface area contributed by atoms with Crippen LogP contribution in [0.15, 0.2) is 66.4 Å². The number of benzene rings is 3. The van der Waals surface area contributed by atoms with Crippen molar-refractivity contribution in [1.82, 2.24) is 10.2 Å². The molecule has 3 aromatic rings. The van der Waals surface area contributed by atoms with Gasteiger partial charge in [0.05, 0.1) is 13.7 Å². The molecule has 0 spiro atoms. The van der Waals surface area contributed by atoms with Gasteiger partial charge in [-0.2, -0.15) is 0 Å². The van der Waals surface area contributed by atoms with E-state index < -0.39 is 17.8 Å². The van der Waals surface area contributed by atoms with Crippen molar-refractivity contribution in [3.8, 4) is 5.75 Å². The van der Waals surface area contributed by atoms with E-state index in [1.54, 1.807) is 24.3 Å². The second-order valence-electron chi connectivity index (χ2n) is 7.56. The van der Waals surface area contributed by atoms with Crippen LogP contribution in [0.3, 0.4) is 0 Å². The molecule has 0 bridgehead atoms. The van der Waals surface area contributed by atoms with E-state index in [-0.39, 0.29) is 17.8 Å². The van der Waals surface area contributed by atoms with Gasteiger partial charge in [0.25, 0.3) is 5.91 Å². The first-order valence-corrected chi connectivity index (χ1v) is 12.2. The smallest absolute Gasteiger partial charge is 0.329 e. The third-order valence-electron chi connectivity index (χ3n) is 5.05. The van der Waals surface area contributed by atoms with Crippen LogP contribution in [0.1, 0.15) is 22.3 Å². The molecule has 8 heteroatoms. The van der Waals surface area contributed by atoms with Crippen LogP contribution in [-0.2, 0) is 17.9 Å². The maximum Gasteiger partial charge on any atom is 0.329 e. The van der Waals surface area contributed by atoms with Crippen LogP contribution in [0.4, 0.5) is 9.18 Å². The minimum atomic E-state index is -0.572. The van der Waals surface area contributed by atoms with Crippen LogP contribution >= 0.6 is 45.2 Å². The quantitative estimate of drug-likeness (QED) is 0.199. The van der Waals surface area contributed by atoms with E-state index in [2.05, 4.69) is 56.6 Å². The molecule has 33 heavy (non-hydrogen) atoms. The van der Waals surface area contributed by atoms with Crippen molar-refractivity contribution in [3.63, 3.8) is 0 Å². The predicted molar refractivity (Wildman–Crippen MR) is 141 cm³/mol. The molecule has 1 N–H and O–H groups in total. The Balaban J connectivity index is 1.51. The summed E-state index contributed by atoms with van der Waals surface area (Å²) in [7, 11) is 0. The lowest BCUT2D eigenvalue weighted by Gasteiger charge is -2.12. The SMILES string of the molecule is Cc1cccc(COc2c(I)cc(/C=C3/NC(=O)N(Cc4ccccc4F)C3=O)cc2I)c1. The number of ether oxygens (including phenoxy) is 1. The van der Waals surface area contributed by atoms with Crippen molar-refractivity contribution in [1.29, 1.82) is 0 Å². The molecular weight excluding hydrogens is 649 g/mol. The average Bonchev–Trinajstić information content (AvgIpc) is 3.02. The van der Waals surface area contributed by atoms with Gasteiger partial charge in [-0.25, -0.2) is 9.18 Å². The minimum absolute atomic E-state index is 0.129. The first kappa shape index (κ1) is 23.7. The standard InChI is InChI=1S/C25H19FI2N2O3/c1-15-5-4-6-16(9-15)14-33-23-20(27)10-17(11-21(23)28)12-22-24(31)30(25(32)29-22)13-18-7-2-3-8-19(18)26/h2-12H,13-14H2,1H3,(H,29,32)/b22-12+. The molecule has 3 aromatic carbocycles. The predicted octanol–water partition coefficient (Wildman–Crippen LogP) is 6.02. The molecule has 0 atom stereocenters. The number of aryl methyl sites for hydroxylation is 1. The van der Waals surface area contributed by atoms with Gasteiger partial charge in [-0.15, -0.1) is 0 Å². The van der Waals surface area contributed by atoms with Crippen molar-refractivity contribution >= 4 is 63.2 Å². The molecule has 0 aliphatic carbocycles. The van der Waals surface area contributed by atoms with Crippen molar-refractivity contribution in [2.24, 2.45) is 0 Å². The summed E-state index contributed by atoms with van der Waals surface area (Å²) in [5.74, 6) is -0.184. The second kappa shape index (κ2) is 10.2. The summed E-state index contributed by atoms with van der Waals surface area (Å²) < 4.78 is 21.8. The lowest BCUT2D eigenvalue weighted by Crippen LogP contribution is -2.30. The maximum atomic E-state index is 14.0. The highest BCUT2D eigenvalue weighted by atomic mass is 127. The number of carbonyl (C=O) groups is 2. The van der Waals surface area contributed by atoms with Crippen molar-refractivity contribution in [2.75, 3.05) is 0 Å². The molecule has 0 saturated carbocycles. The van der Waals surface area contributed by atoms with Gasteiger partial charge >= 0.3 is 6.03 Å². The molecule has 0 aromatic heterocycles. The van der Waals surface area contributed by atoms with Crippen molar-refractivity contribution in [3.05, 3.63) is 102 Å². The van der Waals surface area contributed by atoms with E-state index in [1.807, 2.05) is 37.3 Å². The Labute approximate surface area is 218 Å². The van der Waals surface area contributed by atoms with E-state index in [9.17, 15) is 14.0 Å². The van der Waals surface area contributed by atoms with Crippen LogP contribution in [0, 0.1) is 19.9 Å². The monoisotopic (exact) mass is 668 g/mol. The van der Waals surface area contributed by atoms with Crippen LogP contribution in [-0.4, -0.2) is 16.8 Å². The summed E-state index contributed by atoms with van der Waals surface area (Å²) in [5.41, 5.74) is 3.44. The Morgan fingerprint density at radius 3 is 2.45 bits per heavy atom. The number of nitrogens with zero attached hydrogens (tertiary/aromatic N) is 1. The number of imide groups is 1. The van der Waals surface area contributed by atoms with Crippen molar-refractivity contribution < 1.29 is 18.7 Å². The van der Waals surface area contributed by atoms with Crippen LogP contribution < -0.4 is 10.1 Å². The van der Waals surface area contributed by atoms with E-state index in [0.717, 1.165) is 28.9 Å². The molecule has 1 heterocycles. The fourth-order valence-electron chi connectivity index (χ4n) is 3.44. The lowest BCUT2D eigenvalue weighted by molar-refractivity contribution is -0.123. The van der Waals surface area contributed by atoms with Gasteiger partial charge in [0.2, 0.25) is 0 Å². The highest BCUT2D eigenvalue weighted by Gasteiger charge is 2.34. The molecular formula is C25H19FI2N2O3. The van der Waals surface area contributed by atoms with Gasteiger partial charge in [-0.1, -0.05) is 48.0 Å². The fraction of sp³-hybridized carbons (Fsp3) is 0.120. The van der Waals surface area contributed by atoms with Gasteiger partial charge < -0.3 is 10.1 Å². The number of urea groups is 1. The average molecular weight is 668 g/mol.